The lowest BCUT2D eigenvalue weighted by Crippen LogP contribution is -2.21. The summed E-state index contributed by atoms with van der Waals surface area (Å²) in [6.45, 7) is 8.65. The van der Waals surface area contributed by atoms with Gasteiger partial charge >= 0.3 is 5.69 Å². The number of imidazole rings is 1. The second-order valence-corrected chi connectivity index (χ2v) is 9.24. The van der Waals surface area contributed by atoms with E-state index in [-0.39, 0.29) is 11.7 Å². The van der Waals surface area contributed by atoms with Crippen LogP contribution in [0.15, 0.2) is 65.5 Å². The number of aromatic nitrogens is 5. The zero-order chi connectivity index (χ0) is 25.1. The minimum atomic E-state index is -0.220. The summed E-state index contributed by atoms with van der Waals surface area (Å²) < 4.78 is 1.64. The van der Waals surface area contributed by atoms with Crippen LogP contribution in [0.2, 0.25) is 0 Å². The van der Waals surface area contributed by atoms with E-state index in [1.54, 1.807) is 10.8 Å². The Labute approximate surface area is 205 Å². The Balaban J connectivity index is 1.66. The van der Waals surface area contributed by atoms with E-state index in [4.69, 9.17) is 15.7 Å². The van der Waals surface area contributed by atoms with Crippen LogP contribution in [0.25, 0.3) is 22.6 Å². The first-order valence-electron chi connectivity index (χ1n) is 11.9. The average molecular weight is 472 g/mol. The lowest BCUT2D eigenvalue weighted by Gasteiger charge is -2.25. The molecule has 0 aliphatic rings. The second kappa shape index (κ2) is 10.1. The molecule has 0 saturated heterocycles. The van der Waals surface area contributed by atoms with Crippen LogP contribution in [0, 0.1) is 0 Å². The van der Waals surface area contributed by atoms with Crippen molar-refractivity contribution in [2.45, 2.75) is 52.6 Å². The molecule has 1 unspecified atom stereocenters. The Morgan fingerprint density at radius 1 is 1.17 bits per heavy atom. The van der Waals surface area contributed by atoms with Crippen molar-refractivity contribution in [2.24, 2.45) is 5.73 Å². The number of allylic oxidation sites excluding steroid dienone is 1. The number of rotatable bonds is 8. The van der Waals surface area contributed by atoms with Gasteiger partial charge in [0.25, 0.3) is 0 Å². The van der Waals surface area contributed by atoms with Gasteiger partial charge in [-0.15, -0.1) is 0 Å². The molecule has 0 fully saturated rings. The van der Waals surface area contributed by atoms with Crippen LogP contribution in [0.3, 0.4) is 0 Å². The quantitative estimate of drug-likeness (QED) is 0.390. The Hall–Kier alpha value is -3.94. The largest absolute Gasteiger partial charge is 0.401 e. The molecule has 0 radical (unpaired) electrons. The van der Waals surface area contributed by atoms with Gasteiger partial charge in [0.2, 0.25) is 0 Å². The van der Waals surface area contributed by atoms with Gasteiger partial charge in [-0.05, 0) is 36.5 Å². The van der Waals surface area contributed by atoms with E-state index >= 15 is 0 Å². The SMILES string of the molecule is CCC(c1ccc(Cn2c(=O)[nH]c3cnc(-c4ccccc4C(C)C)nc32)cn1)N(C)/C=C(/C)N. The fourth-order valence-electron chi connectivity index (χ4n) is 4.45. The molecule has 8 nitrogen and oxygen atoms in total. The predicted octanol–water partition coefficient (Wildman–Crippen LogP) is 4.56. The van der Waals surface area contributed by atoms with Gasteiger partial charge in [0.1, 0.15) is 5.52 Å². The van der Waals surface area contributed by atoms with E-state index in [9.17, 15) is 4.79 Å². The van der Waals surface area contributed by atoms with Crippen molar-refractivity contribution < 1.29 is 0 Å². The topological polar surface area (TPSA) is 106 Å². The van der Waals surface area contributed by atoms with Gasteiger partial charge in [-0.3, -0.25) is 9.55 Å². The van der Waals surface area contributed by atoms with Crippen LogP contribution in [0.1, 0.15) is 62.9 Å². The minimum Gasteiger partial charge on any atom is -0.401 e. The van der Waals surface area contributed by atoms with Crippen LogP contribution < -0.4 is 11.4 Å². The van der Waals surface area contributed by atoms with Gasteiger partial charge in [0.05, 0.1) is 24.5 Å². The Morgan fingerprint density at radius 3 is 2.60 bits per heavy atom. The summed E-state index contributed by atoms with van der Waals surface area (Å²) in [6, 6.07) is 12.3. The summed E-state index contributed by atoms with van der Waals surface area (Å²) in [7, 11) is 2.00. The molecule has 3 aromatic heterocycles. The second-order valence-electron chi connectivity index (χ2n) is 9.24. The first-order chi connectivity index (χ1) is 16.8. The summed E-state index contributed by atoms with van der Waals surface area (Å²) in [6.07, 6.45) is 6.32. The molecule has 35 heavy (non-hydrogen) atoms. The highest BCUT2D eigenvalue weighted by molar-refractivity contribution is 5.73. The van der Waals surface area contributed by atoms with Crippen molar-refractivity contribution in [3.63, 3.8) is 0 Å². The highest BCUT2D eigenvalue weighted by Gasteiger charge is 2.17. The minimum absolute atomic E-state index is 0.120. The molecular weight excluding hydrogens is 438 g/mol. The van der Waals surface area contributed by atoms with Crippen molar-refractivity contribution in [2.75, 3.05) is 7.05 Å². The van der Waals surface area contributed by atoms with E-state index < -0.39 is 0 Å². The lowest BCUT2D eigenvalue weighted by molar-refractivity contribution is 0.319. The van der Waals surface area contributed by atoms with E-state index in [1.807, 2.05) is 56.7 Å². The number of fused-ring (bicyclic) bond motifs is 1. The van der Waals surface area contributed by atoms with Crippen LogP contribution in [-0.2, 0) is 6.54 Å². The molecule has 182 valence electrons. The molecule has 3 heterocycles. The Bertz CT molecular complexity index is 1400. The first-order valence-corrected chi connectivity index (χ1v) is 11.9. The molecule has 4 aromatic rings. The standard InChI is InChI=1S/C27H33N7O/c1-6-24(33(5)15-18(4)28)22-12-11-19(13-29-22)16-34-26-23(31-27(34)35)14-30-25(32-26)21-10-8-7-9-20(21)17(2)3/h7-15,17,24H,6,16,28H2,1-5H3,(H,31,35)/b18-15-. The molecule has 0 spiro atoms. The number of nitrogens with zero attached hydrogens (tertiary/aromatic N) is 5. The highest BCUT2D eigenvalue weighted by atomic mass is 16.1. The Kier molecular flexibility index (Phi) is 7.00. The fraction of sp³-hybridized carbons (Fsp3) is 0.333. The maximum absolute atomic E-state index is 12.8. The number of hydrogen-bond donors (Lipinski definition) is 2. The van der Waals surface area contributed by atoms with Crippen LogP contribution in [-0.4, -0.2) is 36.5 Å². The summed E-state index contributed by atoms with van der Waals surface area (Å²) in [5.74, 6) is 0.943. The number of H-pyrrole nitrogens is 1. The first kappa shape index (κ1) is 24.2. The van der Waals surface area contributed by atoms with Crippen LogP contribution >= 0.6 is 0 Å². The molecule has 0 amide bonds. The third-order valence-corrected chi connectivity index (χ3v) is 6.15. The van der Waals surface area contributed by atoms with Gasteiger partial charge < -0.3 is 15.6 Å². The molecule has 0 aliphatic carbocycles. The third-order valence-electron chi connectivity index (χ3n) is 6.15. The van der Waals surface area contributed by atoms with E-state index in [2.05, 4.69) is 41.7 Å². The zero-order valence-electron chi connectivity index (χ0n) is 21.0. The molecule has 0 saturated carbocycles. The fourth-order valence-corrected chi connectivity index (χ4v) is 4.45. The normalized spacial score (nSPS) is 12.9. The number of pyridine rings is 1. The van der Waals surface area contributed by atoms with Crippen molar-refractivity contribution in [3.8, 4) is 11.4 Å². The maximum atomic E-state index is 12.8. The lowest BCUT2D eigenvalue weighted by atomic mass is 9.97. The van der Waals surface area contributed by atoms with Gasteiger partial charge in [-0.25, -0.2) is 14.8 Å². The Morgan fingerprint density at radius 2 is 1.94 bits per heavy atom. The summed E-state index contributed by atoms with van der Waals surface area (Å²) >= 11 is 0. The summed E-state index contributed by atoms with van der Waals surface area (Å²) in [5, 5.41) is 0. The highest BCUT2D eigenvalue weighted by Crippen LogP contribution is 2.27. The van der Waals surface area contributed by atoms with Crippen molar-refractivity contribution in [3.05, 3.63) is 88.0 Å². The number of hydrogen-bond acceptors (Lipinski definition) is 6. The zero-order valence-corrected chi connectivity index (χ0v) is 21.0. The number of benzene rings is 1. The molecule has 4 rings (SSSR count). The maximum Gasteiger partial charge on any atom is 0.328 e. The predicted molar refractivity (Wildman–Crippen MR) is 140 cm³/mol. The van der Waals surface area contributed by atoms with E-state index in [0.29, 0.717) is 29.5 Å². The monoisotopic (exact) mass is 471 g/mol. The molecule has 1 aromatic carbocycles. The number of nitrogens with one attached hydrogen (secondary N) is 1. The van der Waals surface area contributed by atoms with Crippen LogP contribution in [0.5, 0.6) is 0 Å². The smallest absolute Gasteiger partial charge is 0.328 e. The van der Waals surface area contributed by atoms with Gasteiger partial charge in [0, 0.05) is 30.7 Å². The number of nitrogens with two attached hydrogens (primary N) is 1. The summed E-state index contributed by atoms with van der Waals surface area (Å²) in [4.78, 5) is 31.7. The molecular formula is C27H33N7O. The average Bonchev–Trinajstić information content (AvgIpc) is 3.14. The third kappa shape index (κ3) is 5.11. The van der Waals surface area contributed by atoms with Crippen molar-refractivity contribution in [1.82, 2.24) is 29.4 Å². The van der Waals surface area contributed by atoms with E-state index in [0.717, 1.165) is 28.9 Å². The van der Waals surface area contributed by atoms with Gasteiger partial charge in [-0.2, -0.15) is 0 Å². The molecule has 1 atom stereocenters. The van der Waals surface area contributed by atoms with Crippen molar-refractivity contribution >= 4 is 11.2 Å². The molecule has 0 aliphatic heterocycles. The van der Waals surface area contributed by atoms with Gasteiger partial charge in [0.15, 0.2) is 11.5 Å². The number of aromatic amines is 1. The summed E-state index contributed by atoms with van der Waals surface area (Å²) in [5.41, 5.74) is 11.6. The molecule has 8 heteroatoms. The molecule has 3 N–H and O–H groups in total. The van der Waals surface area contributed by atoms with Crippen molar-refractivity contribution in [1.29, 1.82) is 0 Å². The van der Waals surface area contributed by atoms with E-state index in [1.165, 1.54) is 5.56 Å². The van der Waals surface area contributed by atoms with Crippen LogP contribution in [0.4, 0.5) is 0 Å². The van der Waals surface area contributed by atoms with Gasteiger partial charge in [-0.1, -0.05) is 51.1 Å². The molecule has 0 bridgehead atoms.